The molecule has 2 saturated heterocycles. The molecule has 2 aliphatic rings. The topological polar surface area (TPSA) is 105 Å². The van der Waals surface area contributed by atoms with Crippen LogP contribution in [0.2, 0.25) is 0 Å². The fraction of sp³-hybridized carbons (Fsp3) is 0.619. The predicted molar refractivity (Wildman–Crippen MR) is 112 cm³/mol. The summed E-state index contributed by atoms with van der Waals surface area (Å²) in [6, 6.07) is 3.50. The first-order chi connectivity index (χ1) is 14.8. The zero-order valence-corrected chi connectivity index (χ0v) is 18.5. The Bertz CT molecular complexity index is 902. The maximum absolute atomic E-state index is 13.6. The van der Waals surface area contributed by atoms with Crippen LogP contribution in [0.3, 0.4) is 0 Å². The molecule has 0 spiro atoms. The van der Waals surface area contributed by atoms with Crippen molar-refractivity contribution in [2.75, 3.05) is 26.2 Å². The van der Waals surface area contributed by atoms with Crippen LogP contribution in [0.5, 0.6) is 0 Å². The first-order valence-corrected chi connectivity index (χ1v) is 12.2. The van der Waals surface area contributed by atoms with Gasteiger partial charge in [-0.25, -0.2) is 12.8 Å². The molecule has 0 unspecified atom stereocenters. The van der Waals surface area contributed by atoms with E-state index in [0.717, 1.165) is 31.7 Å². The number of carbonyl (C=O) groups is 2. The van der Waals surface area contributed by atoms with Gasteiger partial charge in [0.15, 0.2) is 0 Å². The number of aryl methyl sites for hydroxylation is 1. The molecule has 10 heteroatoms. The third kappa shape index (κ3) is 6.02. The third-order valence-electron chi connectivity index (χ3n) is 5.79. The number of hydrogen-bond acceptors (Lipinski definition) is 5. The van der Waals surface area contributed by atoms with E-state index >= 15 is 0 Å². The van der Waals surface area contributed by atoms with E-state index in [-0.39, 0.29) is 29.1 Å². The average Bonchev–Trinajstić information content (AvgIpc) is 3.27. The van der Waals surface area contributed by atoms with Crippen LogP contribution in [-0.4, -0.2) is 62.9 Å². The van der Waals surface area contributed by atoms with Gasteiger partial charge in [-0.1, -0.05) is 6.42 Å². The van der Waals surface area contributed by atoms with Gasteiger partial charge in [-0.3, -0.25) is 9.59 Å². The van der Waals surface area contributed by atoms with Crippen molar-refractivity contribution in [3.63, 3.8) is 0 Å². The van der Waals surface area contributed by atoms with Gasteiger partial charge in [0.1, 0.15) is 5.82 Å². The minimum Gasteiger partial charge on any atom is -0.376 e. The van der Waals surface area contributed by atoms with Crippen LogP contribution >= 0.6 is 0 Å². The molecule has 8 nitrogen and oxygen atoms in total. The number of nitrogens with one attached hydrogen (secondary N) is 2. The van der Waals surface area contributed by atoms with Gasteiger partial charge in [-0.2, -0.15) is 4.31 Å². The molecule has 2 heterocycles. The Kier molecular flexibility index (Phi) is 8.01. The number of hydrogen-bond donors (Lipinski definition) is 2. The Hall–Kier alpha value is -2.04. The molecule has 172 valence electrons. The highest BCUT2D eigenvalue weighted by atomic mass is 32.2. The second-order valence-corrected chi connectivity index (χ2v) is 9.96. The second kappa shape index (κ2) is 10.5. The van der Waals surface area contributed by atoms with Crippen molar-refractivity contribution in [3.05, 3.63) is 29.6 Å². The molecule has 0 aliphatic carbocycles. The molecule has 1 aromatic rings. The Morgan fingerprint density at radius 1 is 1.16 bits per heavy atom. The summed E-state index contributed by atoms with van der Waals surface area (Å²) in [7, 11) is -3.77. The lowest BCUT2D eigenvalue weighted by molar-refractivity contribution is -0.139. The van der Waals surface area contributed by atoms with Crippen molar-refractivity contribution < 1.29 is 27.1 Å². The first kappa shape index (κ1) is 23.6. The van der Waals surface area contributed by atoms with Gasteiger partial charge in [0, 0.05) is 32.3 Å². The molecule has 0 radical (unpaired) electrons. The van der Waals surface area contributed by atoms with E-state index in [0.29, 0.717) is 32.5 Å². The van der Waals surface area contributed by atoms with Crippen molar-refractivity contribution in [2.45, 2.75) is 62.5 Å². The summed E-state index contributed by atoms with van der Waals surface area (Å²) in [6.45, 7) is 3.06. The highest BCUT2D eigenvalue weighted by Crippen LogP contribution is 2.27. The van der Waals surface area contributed by atoms with E-state index in [9.17, 15) is 22.4 Å². The Morgan fingerprint density at radius 3 is 2.65 bits per heavy atom. The summed E-state index contributed by atoms with van der Waals surface area (Å²) in [5.41, 5.74) is 0.274. The van der Waals surface area contributed by atoms with Crippen LogP contribution in [-0.2, 0) is 24.3 Å². The maximum atomic E-state index is 13.6. The lowest BCUT2D eigenvalue weighted by atomic mass is 10.0. The van der Waals surface area contributed by atoms with E-state index in [1.165, 1.54) is 23.4 Å². The van der Waals surface area contributed by atoms with Crippen LogP contribution in [0, 0.1) is 12.7 Å². The number of halogens is 1. The Balaban J connectivity index is 1.53. The normalized spacial score (nSPS) is 22.3. The number of rotatable bonds is 7. The molecule has 0 bridgehead atoms. The van der Waals surface area contributed by atoms with Crippen LogP contribution in [0.25, 0.3) is 0 Å². The minimum absolute atomic E-state index is 0.0483. The van der Waals surface area contributed by atoms with E-state index in [4.69, 9.17) is 4.74 Å². The van der Waals surface area contributed by atoms with Gasteiger partial charge in [-0.05, 0) is 62.8 Å². The number of benzene rings is 1. The number of ether oxygens (including phenoxy) is 1. The smallest absolute Gasteiger partial charge is 0.309 e. The third-order valence-corrected chi connectivity index (χ3v) is 7.74. The fourth-order valence-electron chi connectivity index (χ4n) is 4.02. The first-order valence-electron chi connectivity index (χ1n) is 10.7. The molecule has 0 saturated carbocycles. The fourth-order valence-corrected chi connectivity index (χ4v) is 5.83. The van der Waals surface area contributed by atoms with Gasteiger partial charge in [0.25, 0.3) is 0 Å². The number of amides is 2. The average molecular weight is 456 g/mol. The zero-order valence-electron chi connectivity index (χ0n) is 17.7. The van der Waals surface area contributed by atoms with E-state index in [2.05, 4.69) is 10.6 Å². The summed E-state index contributed by atoms with van der Waals surface area (Å²) >= 11 is 0. The highest BCUT2D eigenvalue weighted by Gasteiger charge is 2.33. The standard InChI is InChI=1S/C21H30FN3O5S/c1-15-13-18(7-8-19(15)22)31(28,29)25-11-3-2-5-16(25)9-10-23-20(26)21(27)24-14-17-6-4-12-30-17/h7-8,13,16-17H,2-6,9-12,14H2,1H3,(H,23,26)(H,24,27)/t16-,17-/m1/s1. The lowest BCUT2D eigenvalue weighted by Gasteiger charge is -2.34. The Morgan fingerprint density at radius 2 is 1.94 bits per heavy atom. The van der Waals surface area contributed by atoms with Gasteiger partial charge in [0.2, 0.25) is 10.0 Å². The summed E-state index contributed by atoms with van der Waals surface area (Å²) in [5, 5.41) is 5.13. The summed E-state index contributed by atoms with van der Waals surface area (Å²) in [5.74, 6) is -1.91. The molecule has 31 heavy (non-hydrogen) atoms. The molecule has 2 aliphatic heterocycles. The van der Waals surface area contributed by atoms with Gasteiger partial charge in [0.05, 0.1) is 11.0 Å². The van der Waals surface area contributed by atoms with Crippen molar-refractivity contribution in [3.8, 4) is 0 Å². The summed E-state index contributed by atoms with van der Waals surface area (Å²) in [6.07, 6.45) is 4.45. The SMILES string of the molecule is Cc1cc(S(=O)(=O)N2CCCC[C@@H]2CCNC(=O)C(=O)NC[C@H]2CCCO2)ccc1F. The Labute approximate surface area is 182 Å². The summed E-state index contributed by atoms with van der Waals surface area (Å²) in [4.78, 5) is 24.0. The van der Waals surface area contributed by atoms with Crippen molar-refractivity contribution in [1.82, 2.24) is 14.9 Å². The van der Waals surface area contributed by atoms with Gasteiger partial charge >= 0.3 is 11.8 Å². The molecule has 2 amide bonds. The van der Waals surface area contributed by atoms with Gasteiger partial charge in [-0.15, -0.1) is 0 Å². The van der Waals surface area contributed by atoms with Crippen LogP contribution in [0.4, 0.5) is 4.39 Å². The van der Waals surface area contributed by atoms with Crippen molar-refractivity contribution in [1.29, 1.82) is 0 Å². The predicted octanol–water partition coefficient (Wildman–Crippen LogP) is 1.48. The summed E-state index contributed by atoms with van der Waals surface area (Å²) < 4.78 is 46.6. The molecule has 2 atom stereocenters. The van der Waals surface area contributed by atoms with E-state index in [1.807, 2.05) is 0 Å². The molecular formula is C21H30FN3O5S. The quantitative estimate of drug-likeness (QED) is 0.606. The number of carbonyl (C=O) groups excluding carboxylic acids is 2. The number of sulfonamides is 1. The number of piperidine rings is 1. The molecular weight excluding hydrogens is 425 g/mol. The van der Waals surface area contributed by atoms with Crippen molar-refractivity contribution >= 4 is 21.8 Å². The van der Waals surface area contributed by atoms with Crippen molar-refractivity contribution in [2.24, 2.45) is 0 Å². The minimum atomic E-state index is -3.77. The van der Waals surface area contributed by atoms with Gasteiger partial charge < -0.3 is 15.4 Å². The molecule has 0 aromatic heterocycles. The molecule has 2 N–H and O–H groups in total. The largest absolute Gasteiger partial charge is 0.376 e. The molecule has 3 rings (SSSR count). The van der Waals surface area contributed by atoms with Crippen LogP contribution in [0.1, 0.15) is 44.1 Å². The maximum Gasteiger partial charge on any atom is 0.309 e. The van der Waals surface area contributed by atoms with Crippen LogP contribution < -0.4 is 10.6 Å². The van der Waals surface area contributed by atoms with Crippen LogP contribution in [0.15, 0.2) is 23.1 Å². The number of nitrogens with zero attached hydrogens (tertiary/aromatic N) is 1. The van der Waals surface area contributed by atoms with E-state index < -0.39 is 27.7 Å². The molecule has 1 aromatic carbocycles. The lowest BCUT2D eigenvalue weighted by Crippen LogP contribution is -2.47. The highest BCUT2D eigenvalue weighted by molar-refractivity contribution is 7.89. The zero-order chi connectivity index (χ0) is 22.4. The second-order valence-electron chi connectivity index (χ2n) is 8.07. The molecule has 2 fully saturated rings. The monoisotopic (exact) mass is 455 g/mol. The van der Waals surface area contributed by atoms with E-state index in [1.54, 1.807) is 0 Å².